The first-order valence-corrected chi connectivity index (χ1v) is 9.97. The SMILES string of the molecule is CCNC(=NCCc1cc2ccccc2[nH]1)NC1CCN(C(=O)C(C)C)C1. The third kappa shape index (κ3) is 5.02. The van der Waals surface area contributed by atoms with Gasteiger partial charge in [0.1, 0.15) is 0 Å². The number of guanidine groups is 1. The molecule has 2 aromatic rings. The van der Waals surface area contributed by atoms with Crippen LogP contribution < -0.4 is 10.6 Å². The summed E-state index contributed by atoms with van der Waals surface area (Å²) < 4.78 is 0. The fourth-order valence-electron chi connectivity index (χ4n) is 3.51. The number of aromatic amines is 1. The van der Waals surface area contributed by atoms with Crippen molar-refractivity contribution in [2.24, 2.45) is 10.9 Å². The van der Waals surface area contributed by atoms with Crippen LogP contribution in [-0.2, 0) is 11.2 Å². The molecule has 0 bridgehead atoms. The van der Waals surface area contributed by atoms with E-state index in [1.807, 2.05) is 24.8 Å². The summed E-state index contributed by atoms with van der Waals surface area (Å²) in [7, 11) is 0. The van der Waals surface area contributed by atoms with E-state index in [2.05, 4.69) is 46.8 Å². The van der Waals surface area contributed by atoms with Crippen molar-refractivity contribution < 1.29 is 4.79 Å². The summed E-state index contributed by atoms with van der Waals surface area (Å²) in [5.41, 5.74) is 2.37. The summed E-state index contributed by atoms with van der Waals surface area (Å²) in [4.78, 5) is 22.3. The van der Waals surface area contributed by atoms with Gasteiger partial charge in [0, 0.05) is 55.8 Å². The molecular formula is C21H31N5O. The van der Waals surface area contributed by atoms with Crippen molar-refractivity contribution in [2.75, 3.05) is 26.2 Å². The van der Waals surface area contributed by atoms with E-state index in [0.717, 1.165) is 38.4 Å². The van der Waals surface area contributed by atoms with Gasteiger partial charge in [0.15, 0.2) is 5.96 Å². The lowest BCUT2D eigenvalue weighted by Gasteiger charge is -2.20. The first-order chi connectivity index (χ1) is 13.1. The van der Waals surface area contributed by atoms with E-state index < -0.39 is 0 Å². The Hall–Kier alpha value is -2.50. The van der Waals surface area contributed by atoms with Gasteiger partial charge < -0.3 is 20.5 Å². The molecule has 1 aliphatic rings. The lowest BCUT2D eigenvalue weighted by Crippen LogP contribution is -2.45. The second kappa shape index (κ2) is 8.93. The van der Waals surface area contributed by atoms with Crippen LogP contribution >= 0.6 is 0 Å². The number of benzene rings is 1. The molecule has 0 spiro atoms. The Labute approximate surface area is 161 Å². The minimum atomic E-state index is 0.0574. The summed E-state index contributed by atoms with van der Waals surface area (Å²) in [6, 6.07) is 10.8. The van der Waals surface area contributed by atoms with Gasteiger partial charge in [-0.1, -0.05) is 32.0 Å². The number of carbonyl (C=O) groups is 1. The number of nitrogens with zero attached hydrogens (tertiary/aromatic N) is 2. The average molecular weight is 370 g/mol. The number of H-pyrrole nitrogens is 1. The predicted octanol–water partition coefficient (Wildman–Crippen LogP) is 2.52. The van der Waals surface area contributed by atoms with E-state index in [9.17, 15) is 4.79 Å². The monoisotopic (exact) mass is 369 g/mol. The number of hydrogen-bond acceptors (Lipinski definition) is 2. The van der Waals surface area contributed by atoms with Crippen LogP contribution in [0.15, 0.2) is 35.3 Å². The molecule has 6 nitrogen and oxygen atoms in total. The fraction of sp³-hybridized carbons (Fsp3) is 0.524. The number of fused-ring (bicyclic) bond motifs is 1. The van der Waals surface area contributed by atoms with Gasteiger partial charge in [-0.15, -0.1) is 0 Å². The maximum absolute atomic E-state index is 12.2. The molecule has 0 saturated carbocycles. The van der Waals surface area contributed by atoms with Crippen LogP contribution in [-0.4, -0.2) is 54.0 Å². The number of hydrogen-bond donors (Lipinski definition) is 3. The average Bonchev–Trinajstić information content (AvgIpc) is 3.27. The molecule has 1 saturated heterocycles. The molecule has 146 valence electrons. The number of amides is 1. The van der Waals surface area contributed by atoms with Crippen molar-refractivity contribution in [1.82, 2.24) is 20.5 Å². The first-order valence-electron chi connectivity index (χ1n) is 9.97. The molecule has 1 aromatic carbocycles. The van der Waals surface area contributed by atoms with E-state index >= 15 is 0 Å². The molecule has 1 aromatic heterocycles. The van der Waals surface area contributed by atoms with Gasteiger partial charge in [-0.05, 0) is 30.9 Å². The summed E-state index contributed by atoms with van der Waals surface area (Å²) in [6.45, 7) is 9.09. The molecule has 3 rings (SSSR count). The molecule has 1 amide bonds. The highest BCUT2D eigenvalue weighted by molar-refractivity contribution is 5.81. The van der Waals surface area contributed by atoms with E-state index in [1.165, 1.54) is 16.6 Å². The molecule has 3 N–H and O–H groups in total. The van der Waals surface area contributed by atoms with Crippen molar-refractivity contribution in [1.29, 1.82) is 0 Å². The number of aliphatic imine (C=N–C) groups is 1. The zero-order valence-corrected chi connectivity index (χ0v) is 16.6. The molecule has 1 fully saturated rings. The molecule has 0 aliphatic carbocycles. The van der Waals surface area contributed by atoms with Crippen molar-refractivity contribution in [3.8, 4) is 0 Å². The van der Waals surface area contributed by atoms with Crippen LogP contribution in [0.3, 0.4) is 0 Å². The summed E-state index contributed by atoms with van der Waals surface area (Å²) in [5, 5.41) is 8.04. The zero-order chi connectivity index (χ0) is 19.2. The maximum Gasteiger partial charge on any atom is 0.225 e. The number of likely N-dealkylation sites (tertiary alicyclic amines) is 1. The molecule has 1 aliphatic heterocycles. The Balaban J connectivity index is 1.54. The smallest absolute Gasteiger partial charge is 0.225 e. The first kappa shape index (κ1) is 19.3. The quantitative estimate of drug-likeness (QED) is 0.541. The van der Waals surface area contributed by atoms with Gasteiger partial charge >= 0.3 is 0 Å². The molecule has 2 heterocycles. The number of carbonyl (C=O) groups excluding carboxylic acids is 1. The lowest BCUT2D eigenvalue weighted by molar-refractivity contribution is -0.133. The summed E-state index contributed by atoms with van der Waals surface area (Å²) in [6.07, 6.45) is 1.83. The Bertz CT molecular complexity index is 762. The third-order valence-electron chi connectivity index (χ3n) is 4.92. The minimum Gasteiger partial charge on any atom is -0.358 e. The van der Waals surface area contributed by atoms with E-state index in [4.69, 9.17) is 4.99 Å². The molecule has 1 atom stereocenters. The summed E-state index contributed by atoms with van der Waals surface area (Å²) >= 11 is 0. The highest BCUT2D eigenvalue weighted by atomic mass is 16.2. The van der Waals surface area contributed by atoms with Crippen LogP contribution in [0.2, 0.25) is 0 Å². The highest BCUT2D eigenvalue weighted by Gasteiger charge is 2.27. The van der Waals surface area contributed by atoms with E-state index in [-0.39, 0.29) is 17.9 Å². The third-order valence-corrected chi connectivity index (χ3v) is 4.92. The largest absolute Gasteiger partial charge is 0.358 e. The van der Waals surface area contributed by atoms with E-state index in [1.54, 1.807) is 0 Å². The van der Waals surface area contributed by atoms with Crippen LogP contribution in [0, 0.1) is 5.92 Å². The molecule has 27 heavy (non-hydrogen) atoms. The standard InChI is InChI=1S/C21H31N5O/c1-4-22-21(25-18-10-12-26(14-18)20(27)15(2)3)23-11-9-17-13-16-7-5-6-8-19(16)24-17/h5-8,13,15,18,24H,4,9-12,14H2,1-3H3,(H2,22,23,25). The van der Waals surface area contributed by atoms with Crippen LogP contribution in [0.5, 0.6) is 0 Å². The predicted molar refractivity (Wildman–Crippen MR) is 111 cm³/mol. The lowest BCUT2D eigenvalue weighted by atomic mass is 10.2. The number of aromatic nitrogens is 1. The maximum atomic E-state index is 12.2. The highest BCUT2D eigenvalue weighted by Crippen LogP contribution is 2.15. The Morgan fingerprint density at radius 3 is 2.93 bits per heavy atom. The fourth-order valence-corrected chi connectivity index (χ4v) is 3.51. The minimum absolute atomic E-state index is 0.0574. The van der Waals surface area contributed by atoms with Crippen molar-refractivity contribution in [3.05, 3.63) is 36.0 Å². The summed E-state index contributed by atoms with van der Waals surface area (Å²) in [5.74, 6) is 1.12. The zero-order valence-electron chi connectivity index (χ0n) is 16.6. The molecular weight excluding hydrogens is 338 g/mol. The van der Waals surface area contributed by atoms with Gasteiger partial charge in [0.2, 0.25) is 5.91 Å². The van der Waals surface area contributed by atoms with Gasteiger partial charge in [-0.25, -0.2) is 0 Å². The van der Waals surface area contributed by atoms with E-state index in [0.29, 0.717) is 6.54 Å². The van der Waals surface area contributed by atoms with Crippen LogP contribution in [0.1, 0.15) is 32.9 Å². The van der Waals surface area contributed by atoms with Crippen LogP contribution in [0.4, 0.5) is 0 Å². The molecule has 1 unspecified atom stereocenters. The topological polar surface area (TPSA) is 72.5 Å². The van der Waals surface area contributed by atoms with Gasteiger partial charge in [0.05, 0.1) is 0 Å². The molecule has 0 radical (unpaired) electrons. The Morgan fingerprint density at radius 2 is 2.19 bits per heavy atom. The Kier molecular flexibility index (Phi) is 6.37. The second-order valence-corrected chi connectivity index (χ2v) is 7.46. The van der Waals surface area contributed by atoms with Crippen molar-refractivity contribution in [2.45, 2.75) is 39.7 Å². The number of nitrogens with one attached hydrogen (secondary N) is 3. The van der Waals surface area contributed by atoms with Gasteiger partial charge in [-0.2, -0.15) is 0 Å². The normalized spacial score (nSPS) is 17.7. The number of para-hydroxylation sites is 1. The van der Waals surface area contributed by atoms with Gasteiger partial charge in [-0.3, -0.25) is 9.79 Å². The number of rotatable bonds is 6. The molecule has 6 heteroatoms. The van der Waals surface area contributed by atoms with Crippen LogP contribution in [0.25, 0.3) is 10.9 Å². The second-order valence-electron chi connectivity index (χ2n) is 7.46. The van der Waals surface area contributed by atoms with Gasteiger partial charge in [0.25, 0.3) is 0 Å². The Morgan fingerprint density at radius 1 is 1.37 bits per heavy atom. The van der Waals surface area contributed by atoms with Crippen molar-refractivity contribution >= 4 is 22.8 Å². The van der Waals surface area contributed by atoms with Crippen molar-refractivity contribution in [3.63, 3.8) is 0 Å².